The molecule has 1 N–H and O–H groups in total. The van der Waals surface area contributed by atoms with Gasteiger partial charge < -0.3 is 5.32 Å². The van der Waals surface area contributed by atoms with E-state index in [2.05, 4.69) is 5.32 Å². The molecule has 0 radical (unpaired) electrons. The maximum absolute atomic E-state index is 13.4. The molecule has 1 aromatic carbocycles. The second kappa shape index (κ2) is 7.52. The second-order valence-corrected chi connectivity index (χ2v) is 5.34. The van der Waals surface area contributed by atoms with Crippen molar-refractivity contribution in [3.05, 3.63) is 35.6 Å². The lowest BCUT2D eigenvalue weighted by molar-refractivity contribution is 0.391. The highest BCUT2D eigenvalue weighted by atomic mass is 19.1. The van der Waals surface area contributed by atoms with Gasteiger partial charge in [0.25, 0.3) is 0 Å². The quantitative estimate of drug-likeness (QED) is 0.848. The third kappa shape index (κ3) is 4.41. The lowest BCUT2D eigenvalue weighted by Crippen LogP contribution is -2.31. The summed E-state index contributed by atoms with van der Waals surface area (Å²) in [7, 11) is 0. The Morgan fingerprint density at radius 3 is 2.39 bits per heavy atom. The zero-order valence-corrected chi connectivity index (χ0v) is 11.1. The molecule has 100 valence electrons. The van der Waals surface area contributed by atoms with Crippen LogP contribution >= 0.6 is 0 Å². The summed E-state index contributed by atoms with van der Waals surface area (Å²) in [4.78, 5) is 0. The highest BCUT2D eigenvalue weighted by Crippen LogP contribution is 2.17. The fourth-order valence-electron chi connectivity index (χ4n) is 2.77. The fraction of sp³-hybridized carbons (Fsp3) is 0.625. The Kier molecular flexibility index (Phi) is 5.66. The molecule has 1 aliphatic carbocycles. The van der Waals surface area contributed by atoms with Gasteiger partial charge in [-0.1, -0.05) is 50.3 Å². The number of nitrogens with one attached hydrogen (secondary N) is 1. The normalized spacial score (nSPS) is 18.3. The van der Waals surface area contributed by atoms with Crippen molar-refractivity contribution in [2.45, 2.75) is 57.4 Å². The molecule has 1 aliphatic rings. The summed E-state index contributed by atoms with van der Waals surface area (Å²) >= 11 is 0. The number of benzene rings is 1. The zero-order valence-electron chi connectivity index (χ0n) is 11.1. The summed E-state index contributed by atoms with van der Waals surface area (Å²) in [6.45, 7) is 0.894. The number of halogens is 1. The van der Waals surface area contributed by atoms with Gasteiger partial charge >= 0.3 is 0 Å². The minimum absolute atomic E-state index is 0.0723. The first kappa shape index (κ1) is 13.5. The van der Waals surface area contributed by atoms with Gasteiger partial charge in [0.05, 0.1) is 0 Å². The summed E-state index contributed by atoms with van der Waals surface area (Å²) in [5.74, 6) is -0.0723. The predicted octanol–water partition coefficient (Wildman–Crippen LogP) is 4.07. The van der Waals surface area contributed by atoms with Crippen LogP contribution in [-0.4, -0.2) is 12.6 Å². The Morgan fingerprint density at radius 2 is 1.67 bits per heavy atom. The molecule has 0 saturated heterocycles. The van der Waals surface area contributed by atoms with E-state index >= 15 is 0 Å². The minimum Gasteiger partial charge on any atom is -0.314 e. The van der Waals surface area contributed by atoms with Crippen molar-refractivity contribution >= 4 is 0 Å². The third-order valence-corrected chi connectivity index (χ3v) is 3.89. The first-order valence-electron chi connectivity index (χ1n) is 7.33. The van der Waals surface area contributed by atoms with E-state index in [4.69, 9.17) is 0 Å². The molecular weight excluding hydrogens is 225 g/mol. The van der Waals surface area contributed by atoms with Gasteiger partial charge in [0, 0.05) is 6.04 Å². The van der Waals surface area contributed by atoms with Crippen molar-refractivity contribution in [2.75, 3.05) is 6.54 Å². The molecule has 18 heavy (non-hydrogen) atoms. The Balaban J connectivity index is 1.72. The molecule has 2 heteroatoms. The van der Waals surface area contributed by atoms with E-state index in [1.165, 1.54) is 44.9 Å². The van der Waals surface area contributed by atoms with E-state index in [-0.39, 0.29) is 5.82 Å². The van der Waals surface area contributed by atoms with E-state index in [1.807, 2.05) is 12.1 Å². The van der Waals surface area contributed by atoms with Gasteiger partial charge in [-0.05, 0) is 37.4 Å². The lowest BCUT2D eigenvalue weighted by Gasteiger charge is -2.21. The maximum atomic E-state index is 13.4. The Morgan fingerprint density at radius 1 is 1.00 bits per heavy atom. The molecule has 2 rings (SSSR count). The van der Waals surface area contributed by atoms with E-state index in [0.29, 0.717) is 6.04 Å². The van der Waals surface area contributed by atoms with Gasteiger partial charge in [-0.25, -0.2) is 4.39 Å². The summed E-state index contributed by atoms with van der Waals surface area (Å²) in [5, 5.41) is 3.60. The average molecular weight is 249 g/mol. The van der Waals surface area contributed by atoms with Crippen LogP contribution < -0.4 is 5.32 Å². The number of hydrogen-bond acceptors (Lipinski definition) is 1. The average Bonchev–Trinajstić information content (AvgIpc) is 2.34. The van der Waals surface area contributed by atoms with E-state index in [9.17, 15) is 4.39 Å². The maximum Gasteiger partial charge on any atom is 0.126 e. The minimum atomic E-state index is -0.0723. The van der Waals surface area contributed by atoms with Crippen LogP contribution in [0.25, 0.3) is 0 Å². The molecule has 0 spiro atoms. The third-order valence-electron chi connectivity index (χ3n) is 3.89. The van der Waals surface area contributed by atoms with Gasteiger partial charge in [0.1, 0.15) is 5.82 Å². The van der Waals surface area contributed by atoms with E-state index in [0.717, 1.165) is 18.5 Å². The summed E-state index contributed by atoms with van der Waals surface area (Å²) in [6, 6.07) is 7.74. The predicted molar refractivity (Wildman–Crippen MR) is 74.2 cm³/mol. The van der Waals surface area contributed by atoms with Crippen molar-refractivity contribution in [1.82, 2.24) is 5.32 Å². The molecule has 1 nitrogen and oxygen atoms in total. The summed E-state index contributed by atoms with van der Waals surface area (Å²) < 4.78 is 13.4. The van der Waals surface area contributed by atoms with Gasteiger partial charge in [0.2, 0.25) is 0 Å². The summed E-state index contributed by atoms with van der Waals surface area (Å²) in [5.41, 5.74) is 0.829. The van der Waals surface area contributed by atoms with Crippen LogP contribution in [0.5, 0.6) is 0 Å². The molecule has 0 unspecified atom stereocenters. The Hall–Kier alpha value is -0.890. The number of hydrogen-bond donors (Lipinski definition) is 1. The SMILES string of the molecule is Fc1ccccc1CCNC1CCCCCCC1. The summed E-state index contributed by atoms with van der Waals surface area (Å²) in [6.07, 6.45) is 10.2. The van der Waals surface area contributed by atoms with Crippen molar-refractivity contribution in [1.29, 1.82) is 0 Å². The molecule has 0 aromatic heterocycles. The van der Waals surface area contributed by atoms with Crippen molar-refractivity contribution in [2.24, 2.45) is 0 Å². The first-order valence-corrected chi connectivity index (χ1v) is 7.33. The molecule has 0 aliphatic heterocycles. The van der Waals surface area contributed by atoms with E-state index in [1.54, 1.807) is 12.1 Å². The van der Waals surface area contributed by atoms with Crippen LogP contribution in [0.3, 0.4) is 0 Å². The topological polar surface area (TPSA) is 12.0 Å². The van der Waals surface area contributed by atoms with Crippen LogP contribution in [0.4, 0.5) is 4.39 Å². The van der Waals surface area contributed by atoms with Gasteiger partial charge in [0.15, 0.2) is 0 Å². The largest absolute Gasteiger partial charge is 0.314 e. The molecule has 0 amide bonds. The van der Waals surface area contributed by atoms with Gasteiger partial charge in [-0.15, -0.1) is 0 Å². The van der Waals surface area contributed by atoms with Crippen LogP contribution in [-0.2, 0) is 6.42 Å². The highest BCUT2D eigenvalue weighted by molar-refractivity contribution is 5.17. The van der Waals surface area contributed by atoms with Gasteiger partial charge in [-0.3, -0.25) is 0 Å². The lowest BCUT2D eigenvalue weighted by atomic mass is 9.96. The molecule has 1 saturated carbocycles. The monoisotopic (exact) mass is 249 g/mol. The Labute approximate surface area is 110 Å². The van der Waals surface area contributed by atoms with Crippen molar-refractivity contribution in [3.8, 4) is 0 Å². The fourth-order valence-corrected chi connectivity index (χ4v) is 2.77. The van der Waals surface area contributed by atoms with Crippen LogP contribution in [0.1, 0.15) is 50.5 Å². The van der Waals surface area contributed by atoms with Crippen molar-refractivity contribution in [3.63, 3.8) is 0 Å². The standard InChI is InChI=1S/C16H24FN/c17-16-11-7-6-8-14(16)12-13-18-15-9-4-2-1-3-5-10-15/h6-8,11,15,18H,1-5,9-10,12-13H2. The first-order chi connectivity index (χ1) is 8.86. The molecular formula is C16H24FN. The van der Waals surface area contributed by atoms with Gasteiger partial charge in [-0.2, -0.15) is 0 Å². The zero-order chi connectivity index (χ0) is 12.6. The molecule has 0 heterocycles. The van der Waals surface area contributed by atoms with E-state index < -0.39 is 0 Å². The van der Waals surface area contributed by atoms with Crippen LogP contribution in [0.15, 0.2) is 24.3 Å². The number of rotatable bonds is 4. The second-order valence-electron chi connectivity index (χ2n) is 5.34. The molecule has 1 fully saturated rings. The molecule has 1 aromatic rings. The highest BCUT2D eigenvalue weighted by Gasteiger charge is 2.10. The van der Waals surface area contributed by atoms with Crippen molar-refractivity contribution < 1.29 is 4.39 Å². The molecule has 0 atom stereocenters. The van der Waals surface area contributed by atoms with Crippen LogP contribution in [0.2, 0.25) is 0 Å². The Bertz CT molecular complexity index is 343. The smallest absolute Gasteiger partial charge is 0.126 e. The van der Waals surface area contributed by atoms with Crippen LogP contribution in [0, 0.1) is 5.82 Å². The molecule has 0 bridgehead atoms.